The van der Waals surface area contributed by atoms with Crippen LogP contribution in [0.4, 0.5) is 0 Å². The van der Waals surface area contributed by atoms with E-state index in [9.17, 15) is 4.79 Å². The van der Waals surface area contributed by atoms with Gasteiger partial charge in [-0.2, -0.15) is 0 Å². The van der Waals surface area contributed by atoms with Gasteiger partial charge in [0, 0.05) is 17.5 Å². The van der Waals surface area contributed by atoms with E-state index in [0.29, 0.717) is 10.9 Å². The molecule has 1 heterocycles. The summed E-state index contributed by atoms with van der Waals surface area (Å²) >= 11 is 1.43. The van der Waals surface area contributed by atoms with Gasteiger partial charge in [-0.05, 0) is 30.1 Å². The lowest BCUT2D eigenvalue weighted by Crippen LogP contribution is -2.20. The molecule has 0 saturated heterocycles. The zero-order valence-corrected chi connectivity index (χ0v) is 15.0. The molecule has 0 radical (unpaired) electrons. The first-order chi connectivity index (χ1) is 9.71. The average Bonchev–Trinajstić information content (AvgIpc) is 2.88. The van der Waals surface area contributed by atoms with Crippen LogP contribution in [0.2, 0.25) is 0 Å². The largest absolute Gasteiger partial charge is 0.291 e. The molecule has 0 spiro atoms. The molecule has 0 aliphatic heterocycles. The Bertz CT molecular complexity index is 460. The van der Waals surface area contributed by atoms with Gasteiger partial charge in [0.05, 0.1) is 0 Å². The van der Waals surface area contributed by atoms with Crippen LogP contribution in [-0.4, -0.2) is 10.8 Å². The Labute approximate surface area is 133 Å². The van der Waals surface area contributed by atoms with Gasteiger partial charge in [0.2, 0.25) is 0 Å². The summed E-state index contributed by atoms with van der Waals surface area (Å²) in [6, 6.07) is 0. The summed E-state index contributed by atoms with van der Waals surface area (Å²) in [6.45, 7) is 13.2. The first-order valence-corrected chi connectivity index (χ1v) is 8.72. The van der Waals surface area contributed by atoms with E-state index >= 15 is 0 Å². The molecule has 118 valence electrons. The van der Waals surface area contributed by atoms with Crippen molar-refractivity contribution in [1.82, 2.24) is 4.98 Å². The molecule has 3 heteroatoms. The fourth-order valence-corrected chi connectivity index (χ4v) is 3.44. The molecule has 1 rings (SSSR count). The minimum Gasteiger partial charge on any atom is -0.291 e. The molecule has 0 N–H and O–H groups in total. The molecule has 2 atom stereocenters. The van der Waals surface area contributed by atoms with Crippen LogP contribution in [0.25, 0.3) is 0 Å². The van der Waals surface area contributed by atoms with Gasteiger partial charge in [0.15, 0.2) is 10.8 Å². The number of hydrogen-bond donors (Lipinski definition) is 0. The lowest BCUT2D eigenvalue weighted by atomic mass is 9.80. The van der Waals surface area contributed by atoms with Crippen LogP contribution in [0, 0.1) is 23.2 Å². The molecule has 0 saturated carbocycles. The van der Waals surface area contributed by atoms with Gasteiger partial charge in [0.1, 0.15) is 0 Å². The molecule has 0 aliphatic rings. The summed E-state index contributed by atoms with van der Waals surface area (Å²) in [5.41, 5.74) is 0.0393. The highest BCUT2D eigenvalue weighted by Gasteiger charge is 2.25. The quantitative estimate of drug-likeness (QED) is 0.461. The number of hydrogen-bond acceptors (Lipinski definition) is 3. The van der Waals surface area contributed by atoms with Gasteiger partial charge < -0.3 is 0 Å². The van der Waals surface area contributed by atoms with Crippen molar-refractivity contribution in [2.24, 2.45) is 23.2 Å². The number of carbonyl (C=O) groups excluding carboxylic acids is 1. The number of ketones is 1. The Morgan fingerprint density at radius 1 is 1.33 bits per heavy atom. The van der Waals surface area contributed by atoms with Crippen molar-refractivity contribution in [3.8, 4) is 0 Å². The first-order valence-electron chi connectivity index (χ1n) is 7.84. The maximum Gasteiger partial charge on any atom is 0.194 e. The highest BCUT2D eigenvalue weighted by atomic mass is 32.1. The van der Waals surface area contributed by atoms with Crippen LogP contribution in [0.1, 0.15) is 64.2 Å². The zero-order valence-electron chi connectivity index (χ0n) is 14.2. The monoisotopic (exact) mass is 307 g/mol. The molecule has 21 heavy (non-hydrogen) atoms. The molecule has 0 fully saturated rings. The normalized spacial score (nSPS) is 15.6. The van der Waals surface area contributed by atoms with Crippen molar-refractivity contribution in [2.75, 3.05) is 0 Å². The van der Waals surface area contributed by atoms with Crippen molar-refractivity contribution in [3.63, 3.8) is 0 Å². The Hall–Kier alpha value is -0.960. The highest BCUT2D eigenvalue weighted by molar-refractivity contribution is 7.11. The van der Waals surface area contributed by atoms with Crippen LogP contribution in [0.3, 0.4) is 0 Å². The fourth-order valence-electron chi connectivity index (χ4n) is 2.75. The summed E-state index contributed by atoms with van der Waals surface area (Å²) < 4.78 is 0. The number of aromatic nitrogens is 1. The predicted octanol–water partition coefficient (Wildman–Crippen LogP) is 5.62. The molecule has 0 aliphatic carbocycles. The predicted molar refractivity (Wildman–Crippen MR) is 91.8 cm³/mol. The smallest absolute Gasteiger partial charge is 0.194 e. The topological polar surface area (TPSA) is 30.0 Å². The van der Waals surface area contributed by atoms with Gasteiger partial charge in [0.25, 0.3) is 0 Å². The van der Waals surface area contributed by atoms with Gasteiger partial charge in [-0.1, -0.05) is 53.7 Å². The molecule has 1 aromatic rings. The van der Waals surface area contributed by atoms with E-state index in [1.165, 1.54) is 17.8 Å². The highest BCUT2D eigenvalue weighted by Crippen LogP contribution is 2.30. The van der Waals surface area contributed by atoms with E-state index in [1.807, 2.05) is 12.3 Å². The second-order valence-corrected chi connectivity index (χ2v) is 8.16. The number of thiazole rings is 1. The molecule has 2 nitrogen and oxygen atoms in total. The van der Waals surface area contributed by atoms with Crippen LogP contribution >= 0.6 is 11.3 Å². The van der Waals surface area contributed by atoms with E-state index < -0.39 is 0 Å². The molecule has 0 aromatic carbocycles. The number of allylic oxidation sites excluding steroid dienone is 2. The lowest BCUT2D eigenvalue weighted by Gasteiger charge is -2.24. The standard InChI is InChI=1S/C18H29NOS/c1-13(2)11-14(3)7-8-18(5,6)12-15(4)16(20)17-19-9-10-21-17/h7-10,13-15H,11-12H2,1-6H3/b8-7-. The zero-order chi connectivity index (χ0) is 16.0. The summed E-state index contributed by atoms with van der Waals surface area (Å²) in [5, 5.41) is 2.49. The van der Waals surface area contributed by atoms with Crippen molar-refractivity contribution in [1.29, 1.82) is 0 Å². The van der Waals surface area contributed by atoms with Crippen molar-refractivity contribution < 1.29 is 4.79 Å². The minimum atomic E-state index is 0.0104. The Balaban J connectivity index is 2.58. The maximum atomic E-state index is 12.3. The van der Waals surface area contributed by atoms with Gasteiger partial charge in [-0.3, -0.25) is 4.79 Å². The van der Waals surface area contributed by atoms with Crippen LogP contribution in [0.15, 0.2) is 23.7 Å². The molecule has 0 bridgehead atoms. The van der Waals surface area contributed by atoms with Gasteiger partial charge >= 0.3 is 0 Å². The number of Topliss-reactive ketones (excluding diaryl/α,β-unsaturated/α-hetero) is 1. The Morgan fingerprint density at radius 3 is 2.52 bits per heavy atom. The van der Waals surface area contributed by atoms with Crippen molar-refractivity contribution in [2.45, 2.75) is 54.4 Å². The minimum absolute atomic E-state index is 0.0104. The second kappa shape index (κ2) is 7.88. The number of rotatable bonds is 8. The van der Waals surface area contributed by atoms with Crippen molar-refractivity contribution >= 4 is 17.1 Å². The molecule has 1 aromatic heterocycles. The summed E-state index contributed by atoms with van der Waals surface area (Å²) in [6.07, 6.45) is 8.35. The third kappa shape index (κ3) is 6.56. The SMILES string of the molecule is CC(C)CC(C)/C=C\C(C)(C)CC(C)C(=O)c1nccs1. The van der Waals surface area contributed by atoms with Gasteiger partial charge in [-0.25, -0.2) is 4.98 Å². The Kier molecular flexibility index (Phi) is 6.79. The van der Waals surface area contributed by atoms with Crippen molar-refractivity contribution in [3.05, 3.63) is 28.7 Å². The van der Waals surface area contributed by atoms with Crippen LogP contribution in [0.5, 0.6) is 0 Å². The van der Waals surface area contributed by atoms with E-state index in [2.05, 4.69) is 51.8 Å². The van der Waals surface area contributed by atoms with E-state index in [0.717, 1.165) is 12.3 Å². The summed E-state index contributed by atoms with van der Waals surface area (Å²) in [4.78, 5) is 16.4. The molecular weight excluding hydrogens is 278 g/mol. The Morgan fingerprint density at radius 2 is 2.00 bits per heavy atom. The summed E-state index contributed by atoms with van der Waals surface area (Å²) in [5.74, 6) is 1.49. The van der Waals surface area contributed by atoms with Crippen LogP contribution < -0.4 is 0 Å². The third-order valence-corrected chi connectivity index (χ3v) is 4.43. The van der Waals surface area contributed by atoms with Gasteiger partial charge in [-0.15, -0.1) is 11.3 Å². The van der Waals surface area contributed by atoms with E-state index in [1.54, 1.807) is 6.20 Å². The maximum absolute atomic E-state index is 12.3. The fraction of sp³-hybridized carbons (Fsp3) is 0.667. The first kappa shape index (κ1) is 18.1. The molecule has 0 amide bonds. The number of carbonyl (C=O) groups is 1. The van der Waals surface area contributed by atoms with E-state index in [4.69, 9.17) is 0 Å². The number of nitrogens with zero attached hydrogens (tertiary/aromatic N) is 1. The van der Waals surface area contributed by atoms with E-state index in [-0.39, 0.29) is 17.1 Å². The second-order valence-electron chi connectivity index (χ2n) is 7.26. The molecule has 2 unspecified atom stereocenters. The molecular formula is C18H29NOS. The third-order valence-electron chi connectivity index (χ3n) is 3.64. The summed E-state index contributed by atoms with van der Waals surface area (Å²) in [7, 11) is 0. The van der Waals surface area contributed by atoms with Crippen LogP contribution in [-0.2, 0) is 0 Å². The average molecular weight is 308 g/mol. The lowest BCUT2D eigenvalue weighted by molar-refractivity contribution is 0.0903.